The molecule has 1 atom stereocenters. The first-order chi connectivity index (χ1) is 5.72. The van der Waals surface area contributed by atoms with Gasteiger partial charge < -0.3 is 10.5 Å². The molecule has 0 aliphatic rings. The summed E-state index contributed by atoms with van der Waals surface area (Å²) in [5, 5.41) is 0. The van der Waals surface area contributed by atoms with Crippen LogP contribution in [0.4, 0.5) is 0 Å². The van der Waals surface area contributed by atoms with Gasteiger partial charge in [0.05, 0.1) is 6.04 Å². The Hall–Kier alpha value is -0.500. The van der Waals surface area contributed by atoms with Crippen LogP contribution in [0.3, 0.4) is 0 Å². The summed E-state index contributed by atoms with van der Waals surface area (Å²) in [4.78, 5) is 0. The average molecular weight is 185 g/mol. The predicted molar refractivity (Wildman–Crippen MR) is 57.4 cm³/mol. The number of hydrogen-bond acceptors (Lipinski definition) is 2. The van der Waals surface area contributed by atoms with Crippen LogP contribution in [-0.2, 0) is 4.74 Å². The van der Waals surface area contributed by atoms with Gasteiger partial charge in [0.15, 0.2) is 0 Å². The maximum absolute atomic E-state index is 5.90. The van der Waals surface area contributed by atoms with E-state index >= 15 is 0 Å². The fourth-order valence-electron chi connectivity index (χ4n) is 1.11. The second kappa shape index (κ2) is 4.66. The second-order valence-corrected chi connectivity index (χ2v) is 4.92. The van der Waals surface area contributed by atoms with E-state index in [0.717, 1.165) is 6.42 Å². The summed E-state index contributed by atoms with van der Waals surface area (Å²) in [5.41, 5.74) is 5.71. The van der Waals surface area contributed by atoms with E-state index in [4.69, 9.17) is 10.5 Å². The van der Waals surface area contributed by atoms with E-state index in [-0.39, 0.29) is 11.6 Å². The molecular weight excluding hydrogens is 162 g/mol. The van der Waals surface area contributed by atoms with Gasteiger partial charge in [-0.2, -0.15) is 0 Å². The molecule has 0 bridgehead atoms. The smallest absolute Gasteiger partial charge is 0.106 e. The Balaban J connectivity index is 3.97. The third kappa shape index (κ3) is 6.64. The molecule has 0 aliphatic carbocycles. The van der Waals surface area contributed by atoms with Crippen molar-refractivity contribution in [3.8, 4) is 0 Å². The summed E-state index contributed by atoms with van der Waals surface area (Å²) in [6.45, 7) is 14.1. The van der Waals surface area contributed by atoms with Crippen LogP contribution in [0, 0.1) is 5.92 Å². The first kappa shape index (κ1) is 12.5. The normalized spacial score (nSPS) is 14.4. The van der Waals surface area contributed by atoms with Gasteiger partial charge in [-0.25, -0.2) is 0 Å². The minimum Gasteiger partial charge on any atom is -0.491 e. The van der Waals surface area contributed by atoms with Crippen LogP contribution >= 0.6 is 0 Å². The van der Waals surface area contributed by atoms with Crippen molar-refractivity contribution in [2.45, 2.75) is 52.7 Å². The van der Waals surface area contributed by atoms with Crippen molar-refractivity contribution in [1.82, 2.24) is 0 Å². The summed E-state index contributed by atoms with van der Waals surface area (Å²) in [5.74, 6) is 1.27. The lowest BCUT2D eigenvalue weighted by Gasteiger charge is -2.26. The van der Waals surface area contributed by atoms with Crippen LogP contribution in [0.5, 0.6) is 0 Å². The Bertz CT molecular complexity index is 167. The molecule has 13 heavy (non-hydrogen) atoms. The molecule has 2 heteroatoms. The number of nitrogens with two attached hydrogens (primary N) is 1. The molecular formula is C11H23NO. The molecule has 2 N–H and O–H groups in total. The SMILES string of the molecule is C=C(OC(C)(C)C)[C@H](N)CC(C)C. The molecule has 0 amide bonds. The molecule has 0 radical (unpaired) electrons. The number of rotatable bonds is 4. The first-order valence-corrected chi connectivity index (χ1v) is 4.86. The summed E-state index contributed by atoms with van der Waals surface area (Å²) in [6, 6.07) is -0.0424. The molecule has 0 aromatic carbocycles. The predicted octanol–water partition coefficient (Wildman–Crippen LogP) is 2.69. The zero-order chi connectivity index (χ0) is 10.6. The quantitative estimate of drug-likeness (QED) is 0.683. The molecule has 0 saturated carbocycles. The van der Waals surface area contributed by atoms with E-state index in [9.17, 15) is 0 Å². The molecule has 0 heterocycles. The van der Waals surface area contributed by atoms with E-state index in [0.29, 0.717) is 11.7 Å². The van der Waals surface area contributed by atoms with Gasteiger partial charge in [0.1, 0.15) is 11.4 Å². The van der Waals surface area contributed by atoms with E-state index < -0.39 is 0 Å². The van der Waals surface area contributed by atoms with Crippen molar-refractivity contribution < 1.29 is 4.74 Å². The van der Waals surface area contributed by atoms with Crippen LogP contribution in [-0.4, -0.2) is 11.6 Å². The molecule has 2 nitrogen and oxygen atoms in total. The van der Waals surface area contributed by atoms with Gasteiger partial charge in [-0.1, -0.05) is 20.4 Å². The molecule has 78 valence electrons. The monoisotopic (exact) mass is 185 g/mol. The Kier molecular flexibility index (Phi) is 4.48. The van der Waals surface area contributed by atoms with E-state index in [2.05, 4.69) is 20.4 Å². The Labute approximate surface area is 82.2 Å². The lowest BCUT2D eigenvalue weighted by Crippen LogP contribution is -2.30. The average Bonchev–Trinajstić information content (AvgIpc) is 1.81. The van der Waals surface area contributed by atoms with Crippen LogP contribution in [0.2, 0.25) is 0 Å². The lowest BCUT2D eigenvalue weighted by molar-refractivity contribution is 0.0418. The third-order valence-corrected chi connectivity index (χ3v) is 1.58. The maximum Gasteiger partial charge on any atom is 0.106 e. The zero-order valence-electron chi connectivity index (χ0n) is 9.55. The van der Waals surface area contributed by atoms with Gasteiger partial charge in [-0.15, -0.1) is 0 Å². The minimum atomic E-state index is -0.189. The fourth-order valence-corrected chi connectivity index (χ4v) is 1.11. The van der Waals surface area contributed by atoms with Gasteiger partial charge in [0.2, 0.25) is 0 Å². The topological polar surface area (TPSA) is 35.2 Å². The van der Waals surface area contributed by atoms with Crippen molar-refractivity contribution in [2.75, 3.05) is 0 Å². The highest BCUT2D eigenvalue weighted by Gasteiger charge is 2.17. The Morgan fingerprint density at radius 3 is 2.15 bits per heavy atom. The third-order valence-electron chi connectivity index (χ3n) is 1.58. The molecule has 0 unspecified atom stereocenters. The van der Waals surface area contributed by atoms with Gasteiger partial charge in [-0.3, -0.25) is 0 Å². The molecule has 0 saturated heterocycles. The summed E-state index contributed by atoms with van der Waals surface area (Å²) < 4.78 is 5.58. The maximum atomic E-state index is 5.90. The van der Waals surface area contributed by atoms with E-state index in [1.54, 1.807) is 0 Å². The van der Waals surface area contributed by atoms with Gasteiger partial charge in [-0.05, 0) is 33.1 Å². The van der Waals surface area contributed by atoms with Gasteiger partial charge in [0.25, 0.3) is 0 Å². The van der Waals surface area contributed by atoms with Crippen LogP contribution in [0.25, 0.3) is 0 Å². The summed E-state index contributed by atoms with van der Waals surface area (Å²) >= 11 is 0. The highest BCUT2D eigenvalue weighted by Crippen LogP contribution is 2.17. The molecule has 0 fully saturated rings. The lowest BCUT2D eigenvalue weighted by atomic mass is 10.0. The standard InChI is InChI=1S/C11H23NO/c1-8(2)7-10(12)9(3)13-11(4,5)6/h8,10H,3,7,12H2,1-2,4-6H3/t10-/m1/s1. The largest absolute Gasteiger partial charge is 0.491 e. The first-order valence-electron chi connectivity index (χ1n) is 4.86. The highest BCUT2D eigenvalue weighted by atomic mass is 16.5. The van der Waals surface area contributed by atoms with Crippen LogP contribution in [0.1, 0.15) is 41.0 Å². The van der Waals surface area contributed by atoms with Crippen molar-refractivity contribution >= 4 is 0 Å². The Morgan fingerprint density at radius 2 is 1.85 bits per heavy atom. The van der Waals surface area contributed by atoms with E-state index in [1.165, 1.54) is 0 Å². The minimum absolute atomic E-state index is 0.0424. The molecule has 0 aromatic heterocycles. The summed E-state index contributed by atoms with van der Waals surface area (Å²) in [6.07, 6.45) is 0.926. The van der Waals surface area contributed by atoms with Crippen molar-refractivity contribution in [2.24, 2.45) is 11.7 Å². The summed E-state index contributed by atoms with van der Waals surface area (Å²) in [7, 11) is 0. The van der Waals surface area contributed by atoms with Crippen molar-refractivity contribution in [1.29, 1.82) is 0 Å². The van der Waals surface area contributed by atoms with Crippen molar-refractivity contribution in [3.63, 3.8) is 0 Å². The zero-order valence-corrected chi connectivity index (χ0v) is 9.55. The van der Waals surface area contributed by atoms with Gasteiger partial charge >= 0.3 is 0 Å². The molecule has 0 aliphatic heterocycles. The molecule has 0 rings (SSSR count). The number of ether oxygens (including phenoxy) is 1. The van der Waals surface area contributed by atoms with Gasteiger partial charge in [0, 0.05) is 0 Å². The van der Waals surface area contributed by atoms with Crippen LogP contribution < -0.4 is 5.73 Å². The fraction of sp³-hybridized carbons (Fsp3) is 0.818. The molecule has 0 spiro atoms. The number of hydrogen-bond donors (Lipinski definition) is 1. The van der Waals surface area contributed by atoms with Crippen LogP contribution in [0.15, 0.2) is 12.3 Å². The van der Waals surface area contributed by atoms with Crippen molar-refractivity contribution in [3.05, 3.63) is 12.3 Å². The van der Waals surface area contributed by atoms with E-state index in [1.807, 2.05) is 20.8 Å². The second-order valence-electron chi connectivity index (χ2n) is 4.92. The highest BCUT2D eigenvalue weighted by molar-refractivity contribution is 4.97. The Morgan fingerprint density at radius 1 is 1.38 bits per heavy atom. The molecule has 0 aromatic rings.